The van der Waals surface area contributed by atoms with Crippen LogP contribution >= 0.6 is 7.82 Å². The van der Waals surface area contributed by atoms with Crippen molar-refractivity contribution >= 4 is 56.7 Å². The normalized spacial score (nSPS) is 13.8. The Kier molecular flexibility index (Phi) is 9.67. The Morgan fingerprint density at radius 3 is 2.27 bits per heavy atom. The maximum Gasteiger partial charge on any atom is 2.00 e. The van der Waals surface area contributed by atoms with Crippen LogP contribution < -0.4 is 9.79 Å². The molecule has 0 rings (SSSR count). The number of phosphoric ester groups is 1. The van der Waals surface area contributed by atoms with Gasteiger partial charge in [-0.15, -0.1) is 0 Å². The van der Waals surface area contributed by atoms with E-state index in [-0.39, 0.29) is 48.9 Å². The van der Waals surface area contributed by atoms with Crippen molar-refractivity contribution in [2.45, 2.75) is 6.10 Å². The number of phosphoric acid groups is 1. The molecule has 6 nitrogen and oxygen atoms in total. The summed E-state index contributed by atoms with van der Waals surface area (Å²) in [5, 5.41) is 16.6. The fourth-order valence-electron chi connectivity index (χ4n) is 0.230. The summed E-state index contributed by atoms with van der Waals surface area (Å²) in [7, 11) is -5.00. The minimum absolute atomic E-state index is 0. The van der Waals surface area contributed by atoms with E-state index in [0.717, 1.165) is 0 Å². The maximum absolute atomic E-state index is 9.71. The number of aliphatic hydroxyl groups excluding tert-OH is 2. The Labute approximate surface area is 104 Å². The van der Waals surface area contributed by atoms with Crippen molar-refractivity contribution in [3.05, 3.63) is 0 Å². The monoisotopic (exact) mass is 308 g/mol. The van der Waals surface area contributed by atoms with Gasteiger partial charge in [0.15, 0.2) is 0 Å². The first-order valence-corrected chi connectivity index (χ1v) is 3.87. The molecule has 1 atom stereocenters. The van der Waals surface area contributed by atoms with Gasteiger partial charge in [-0.05, 0) is 0 Å². The molecule has 1 unspecified atom stereocenters. The van der Waals surface area contributed by atoms with Crippen LogP contribution in [-0.2, 0) is 9.09 Å². The minimum atomic E-state index is -5.00. The molecule has 0 aromatic rings. The van der Waals surface area contributed by atoms with Crippen LogP contribution in [0.25, 0.3) is 0 Å². The first-order chi connectivity index (χ1) is 4.45. The fraction of sp³-hybridized carbons (Fsp3) is 1.00. The molecule has 0 amide bonds. The van der Waals surface area contributed by atoms with Gasteiger partial charge in [0, 0.05) is 0 Å². The van der Waals surface area contributed by atoms with Crippen molar-refractivity contribution in [1.82, 2.24) is 0 Å². The van der Waals surface area contributed by atoms with E-state index < -0.39 is 27.1 Å². The zero-order valence-electron chi connectivity index (χ0n) is 5.67. The summed E-state index contributed by atoms with van der Waals surface area (Å²) >= 11 is 0. The Hall–Kier alpha value is 1.60. The van der Waals surface area contributed by atoms with Gasteiger partial charge in [-0.25, -0.2) is 0 Å². The summed E-state index contributed by atoms with van der Waals surface area (Å²) in [6, 6.07) is 0. The van der Waals surface area contributed by atoms with E-state index >= 15 is 0 Å². The molecule has 0 saturated heterocycles. The predicted molar refractivity (Wildman–Crippen MR) is 32.4 cm³/mol. The molecule has 0 radical (unpaired) electrons. The average Bonchev–Trinajstić information content (AvgIpc) is 1.81. The largest absolute Gasteiger partial charge is 2.00 e. The molecule has 0 aromatic carbocycles. The van der Waals surface area contributed by atoms with Crippen molar-refractivity contribution in [1.29, 1.82) is 0 Å². The molecular formula is C3H7BaO6P. The second kappa shape index (κ2) is 7.05. The number of hydrogen-bond acceptors (Lipinski definition) is 6. The molecule has 0 bridgehead atoms. The van der Waals surface area contributed by atoms with Gasteiger partial charge in [-0.3, -0.25) is 0 Å². The average molecular weight is 307 g/mol. The summed E-state index contributed by atoms with van der Waals surface area (Å²) in [5.41, 5.74) is 0. The molecule has 0 aliphatic heterocycles. The molecule has 0 aliphatic rings. The summed E-state index contributed by atoms with van der Waals surface area (Å²) in [4.78, 5) is 19.4. The van der Waals surface area contributed by atoms with Gasteiger partial charge in [0.25, 0.3) is 0 Å². The molecule has 0 fully saturated rings. The first kappa shape index (κ1) is 15.1. The summed E-state index contributed by atoms with van der Waals surface area (Å²) in [5.74, 6) is 0. The van der Waals surface area contributed by atoms with Gasteiger partial charge in [0.2, 0.25) is 0 Å². The molecule has 0 aliphatic carbocycles. The third-order valence-electron chi connectivity index (χ3n) is 0.636. The van der Waals surface area contributed by atoms with E-state index in [0.29, 0.717) is 0 Å². The van der Waals surface area contributed by atoms with Gasteiger partial charge in [0.05, 0.1) is 21.0 Å². The Morgan fingerprint density at radius 2 is 2.00 bits per heavy atom. The zero-order chi connectivity index (χ0) is 8.20. The van der Waals surface area contributed by atoms with Crippen molar-refractivity contribution in [2.75, 3.05) is 13.2 Å². The van der Waals surface area contributed by atoms with Crippen LogP contribution in [0.5, 0.6) is 0 Å². The van der Waals surface area contributed by atoms with Crippen LogP contribution in [0.4, 0.5) is 0 Å². The molecule has 2 N–H and O–H groups in total. The molecular weight excluding hydrogens is 300 g/mol. The molecule has 0 spiro atoms. The van der Waals surface area contributed by atoms with Crippen molar-refractivity contribution in [2.24, 2.45) is 0 Å². The van der Waals surface area contributed by atoms with Gasteiger partial charge in [-0.2, -0.15) is 0 Å². The van der Waals surface area contributed by atoms with E-state index in [1.54, 1.807) is 0 Å². The van der Waals surface area contributed by atoms with Crippen molar-refractivity contribution < 1.29 is 29.1 Å². The summed E-state index contributed by atoms with van der Waals surface area (Å²) in [6.45, 7) is -1.33. The van der Waals surface area contributed by atoms with Crippen LogP contribution in [0.2, 0.25) is 0 Å². The predicted octanol–water partition coefficient (Wildman–Crippen LogP) is -3.20. The Balaban J connectivity index is 0. The molecule has 0 aromatic heterocycles. The third-order valence-corrected chi connectivity index (χ3v) is 1.10. The molecule has 0 saturated carbocycles. The van der Waals surface area contributed by atoms with Crippen molar-refractivity contribution in [3.63, 3.8) is 0 Å². The van der Waals surface area contributed by atoms with E-state index in [1.165, 1.54) is 0 Å². The van der Waals surface area contributed by atoms with Crippen molar-refractivity contribution in [3.8, 4) is 0 Å². The van der Waals surface area contributed by atoms with Crippen LogP contribution in [0.1, 0.15) is 0 Å². The maximum atomic E-state index is 9.71. The second-order valence-electron chi connectivity index (χ2n) is 1.58. The Morgan fingerprint density at radius 1 is 1.55 bits per heavy atom. The van der Waals surface area contributed by atoms with E-state index in [9.17, 15) is 14.4 Å². The summed E-state index contributed by atoms with van der Waals surface area (Å²) in [6.07, 6.45) is -1.32. The zero-order valence-corrected chi connectivity index (χ0v) is 11.0. The van der Waals surface area contributed by atoms with E-state index in [1.807, 2.05) is 0 Å². The minimum Gasteiger partial charge on any atom is -0.790 e. The van der Waals surface area contributed by atoms with Crippen LogP contribution in [-0.4, -0.2) is 78.4 Å². The van der Waals surface area contributed by atoms with Gasteiger partial charge in [0.1, 0.15) is 6.10 Å². The quantitative estimate of drug-likeness (QED) is 0.418. The standard InChI is InChI=1S/C3H9O6P.Ba/c4-1-3(5)2-9-10(6,7)8;/h3-5H,1-2H2,(H2,6,7,8);/q;+2/p-2. The van der Waals surface area contributed by atoms with E-state index in [2.05, 4.69) is 4.52 Å². The number of rotatable bonds is 4. The number of hydrogen-bond donors (Lipinski definition) is 2. The first-order valence-electron chi connectivity index (χ1n) is 2.41. The molecule has 62 valence electrons. The smallest absolute Gasteiger partial charge is 0.790 e. The second-order valence-corrected chi connectivity index (χ2v) is 2.73. The third kappa shape index (κ3) is 11.6. The van der Waals surface area contributed by atoms with E-state index in [4.69, 9.17) is 10.2 Å². The van der Waals surface area contributed by atoms with Gasteiger partial charge < -0.3 is 29.1 Å². The summed E-state index contributed by atoms with van der Waals surface area (Å²) < 4.78 is 13.3. The number of aliphatic hydroxyl groups is 2. The van der Waals surface area contributed by atoms with Gasteiger partial charge in [-0.1, -0.05) is 0 Å². The molecule has 8 heteroatoms. The fourth-order valence-corrected chi connectivity index (χ4v) is 0.585. The van der Waals surface area contributed by atoms with Gasteiger partial charge >= 0.3 is 48.9 Å². The van der Waals surface area contributed by atoms with Crippen LogP contribution in [0.3, 0.4) is 0 Å². The topological polar surface area (TPSA) is 113 Å². The van der Waals surface area contributed by atoms with Crippen LogP contribution in [0.15, 0.2) is 0 Å². The Bertz CT molecular complexity index is 134. The SMILES string of the molecule is O=P([O-])([O-])OCC(O)CO.[Ba+2]. The molecule has 11 heavy (non-hydrogen) atoms. The molecule has 0 heterocycles. The van der Waals surface area contributed by atoms with Crippen LogP contribution in [0, 0.1) is 0 Å².